The maximum absolute atomic E-state index is 13.1. The van der Waals surface area contributed by atoms with Gasteiger partial charge in [0, 0.05) is 12.4 Å². The molecule has 0 aromatic carbocycles. The Morgan fingerprint density at radius 3 is 2.24 bits per heavy atom. The fourth-order valence-electron chi connectivity index (χ4n) is 1.56. The van der Waals surface area contributed by atoms with Crippen molar-refractivity contribution in [3.05, 3.63) is 18.5 Å². The van der Waals surface area contributed by atoms with Crippen LogP contribution >= 0.6 is 0 Å². The van der Waals surface area contributed by atoms with Crippen LogP contribution in [0.4, 0.5) is 13.2 Å². The molecule has 0 amide bonds. The van der Waals surface area contributed by atoms with Gasteiger partial charge < -0.3 is 4.43 Å². The van der Waals surface area contributed by atoms with Crippen LogP contribution in [0.15, 0.2) is 18.5 Å². The molecule has 1 aromatic heterocycles. The third-order valence-electron chi connectivity index (χ3n) is 2.15. The number of halogens is 3. The van der Waals surface area contributed by atoms with E-state index in [1.54, 1.807) is 25.7 Å². The molecule has 1 unspecified atom stereocenters. The molecule has 1 heterocycles. The van der Waals surface area contributed by atoms with Gasteiger partial charge >= 0.3 is 6.18 Å². The minimum atomic E-state index is -4.42. The van der Waals surface area contributed by atoms with Crippen LogP contribution in [0, 0.1) is 0 Å². The lowest BCUT2D eigenvalue weighted by atomic mass is 10.1. The van der Waals surface area contributed by atoms with Crippen LogP contribution in [0.5, 0.6) is 0 Å². The van der Waals surface area contributed by atoms with E-state index < -0.39 is 20.1 Å². The molecule has 98 valence electrons. The molecule has 0 saturated heterocycles. The van der Waals surface area contributed by atoms with Crippen LogP contribution in [0.3, 0.4) is 0 Å². The highest BCUT2D eigenvalue weighted by molar-refractivity contribution is 6.69. The molecule has 1 rings (SSSR count). The van der Waals surface area contributed by atoms with E-state index in [0.29, 0.717) is 0 Å². The summed E-state index contributed by atoms with van der Waals surface area (Å²) in [5, 5.41) is 3.80. The van der Waals surface area contributed by atoms with Crippen LogP contribution in [0.1, 0.15) is 6.92 Å². The third-order valence-corrected chi connectivity index (χ3v) is 3.22. The van der Waals surface area contributed by atoms with Gasteiger partial charge in [0.1, 0.15) is 0 Å². The van der Waals surface area contributed by atoms with Crippen LogP contribution in [0.2, 0.25) is 19.6 Å². The molecule has 3 nitrogen and oxygen atoms in total. The van der Waals surface area contributed by atoms with Crippen LogP contribution in [-0.2, 0) is 11.0 Å². The van der Waals surface area contributed by atoms with Gasteiger partial charge in [0.05, 0.1) is 6.54 Å². The number of hydrogen-bond acceptors (Lipinski definition) is 2. The Balaban J connectivity index is 2.95. The van der Waals surface area contributed by atoms with Crippen LogP contribution in [-0.4, -0.2) is 29.9 Å². The van der Waals surface area contributed by atoms with E-state index in [-0.39, 0.29) is 6.54 Å². The first kappa shape index (κ1) is 14.2. The molecule has 0 aliphatic heterocycles. The molecule has 7 heteroatoms. The Hall–Kier alpha value is -0.823. The Morgan fingerprint density at radius 1 is 1.29 bits per heavy atom. The van der Waals surface area contributed by atoms with Gasteiger partial charge in [-0.25, -0.2) is 0 Å². The number of rotatable bonds is 4. The van der Waals surface area contributed by atoms with Gasteiger partial charge in [0.25, 0.3) is 0 Å². The molecule has 0 saturated carbocycles. The number of nitrogens with zero attached hydrogens (tertiary/aromatic N) is 2. The van der Waals surface area contributed by atoms with Crippen molar-refractivity contribution in [2.24, 2.45) is 0 Å². The highest BCUT2D eigenvalue weighted by Gasteiger charge is 2.54. The summed E-state index contributed by atoms with van der Waals surface area (Å²) in [4.78, 5) is 0. The summed E-state index contributed by atoms with van der Waals surface area (Å²) in [6.07, 6.45) is -1.47. The zero-order chi connectivity index (χ0) is 13.3. The van der Waals surface area contributed by atoms with Crippen LogP contribution in [0.25, 0.3) is 0 Å². The van der Waals surface area contributed by atoms with E-state index >= 15 is 0 Å². The van der Waals surface area contributed by atoms with Crippen molar-refractivity contribution < 1.29 is 17.6 Å². The first-order chi connectivity index (χ1) is 7.54. The van der Waals surface area contributed by atoms with E-state index in [0.717, 1.165) is 6.92 Å². The summed E-state index contributed by atoms with van der Waals surface area (Å²) in [7, 11) is -2.30. The Labute approximate surface area is 99.7 Å². The fourth-order valence-corrected chi connectivity index (χ4v) is 3.09. The molecule has 1 aromatic rings. The quantitative estimate of drug-likeness (QED) is 0.783. The molecule has 0 N–H and O–H groups in total. The zero-order valence-electron chi connectivity index (χ0n) is 10.4. The van der Waals surface area contributed by atoms with Crippen molar-refractivity contribution in [3.8, 4) is 0 Å². The van der Waals surface area contributed by atoms with Crippen molar-refractivity contribution in [1.82, 2.24) is 9.78 Å². The predicted octanol–water partition coefficient (Wildman–Crippen LogP) is 3.06. The molecule has 1 atom stereocenters. The van der Waals surface area contributed by atoms with E-state index in [1.165, 1.54) is 17.1 Å². The summed E-state index contributed by atoms with van der Waals surface area (Å²) in [5.74, 6) is 0. The van der Waals surface area contributed by atoms with Crippen molar-refractivity contribution in [1.29, 1.82) is 0 Å². The normalized spacial score (nSPS) is 16.9. The average molecular weight is 266 g/mol. The Kier molecular flexibility index (Phi) is 3.73. The number of alkyl halides is 3. The standard InChI is InChI=1S/C10H17F3N2OSi/c1-9(10(11,12)13,16-17(2,3)4)8-15-7-5-6-14-15/h5-7H,8H2,1-4H3. The average Bonchev–Trinajstić information content (AvgIpc) is 2.50. The lowest BCUT2D eigenvalue weighted by Crippen LogP contribution is -2.53. The summed E-state index contributed by atoms with van der Waals surface area (Å²) in [6.45, 7) is 5.96. The minimum Gasteiger partial charge on any atom is -0.403 e. The highest BCUT2D eigenvalue weighted by atomic mass is 28.4. The smallest absolute Gasteiger partial charge is 0.403 e. The van der Waals surface area contributed by atoms with Crippen molar-refractivity contribution in [3.63, 3.8) is 0 Å². The number of aromatic nitrogens is 2. The first-order valence-corrected chi connectivity index (χ1v) is 8.69. The molecule has 0 bridgehead atoms. The molecule has 17 heavy (non-hydrogen) atoms. The molecule has 0 aliphatic carbocycles. The topological polar surface area (TPSA) is 27.1 Å². The second-order valence-corrected chi connectivity index (χ2v) is 9.58. The van der Waals surface area contributed by atoms with Gasteiger partial charge in [0.2, 0.25) is 0 Å². The Morgan fingerprint density at radius 2 is 1.88 bits per heavy atom. The SMILES string of the molecule is CC(Cn1cccn1)(O[Si](C)(C)C)C(F)(F)F. The monoisotopic (exact) mass is 266 g/mol. The maximum Gasteiger partial charge on any atom is 0.417 e. The van der Waals surface area contributed by atoms with Gasteiger partial charge in [0.15, 0.2) is 13.9 Å². The van der Waals surface area contributed by atoms with Gasteiger partial charge in [-0.1, -0.05) is 0 Å². The van der Waals surface area contributed by atoms with Gasteiger partial charge in [-0.15, -0.1) is 0 Å². The summed E-state index contributed by atoms with van der Waals surface area (Å²) >= 11 is 0. The molecular weight excluding hydrogens is 249 g/mol. The Bertz CT molecular complexity index is 359. The van der Waals surface area contributed by atoms with Gasteiger partial charge in [-0.2, -0.15) is 18.3 Å². The minimum absolute atomic E-state index is 0.326. The maximum atomic E-state index is 13.1. The van der Waals surface area contributed by atoms with E-state index in [1.807, 2.05) is 0 Å². The first-order valence-electron chi connectivity index (χ1n) is 5.28. The van der Waals surface area contributed by atoms with E-state index in [2.05, 4.69) is 5.10 Å². The second kappa shape index (κ2) is 4.45. The lowest BCUT2D eigenvalue weighted by Gasteiger charge is -2.37. The van der Waals surface area contributed by atoms with Gasteiger partial charge in [-0.3, -0.25) is 4.68 Å². The predicted molar refractivity (Wildman–Crippen MR) is 61.1 cm³/mol. The summed E-state index contributed by atoms with van der Waals surface area (Å²) < 4.78 is 45.8. The molecular formula is C10H17F3N2OSi. The van der Waals surface area contributed by atoms with Crippen molar-refractivity contribution >= 4 is 8.32 Å². The molecule has 0 aliphatic rings. The molecule has 0 fully saturated rings. The number of hydrogen-bond donors (Lipinski definition) is 0. The third kappa shape index (κ3) is 3.85. The van der Waals surface area contributed by atoms with Crippen molar-refractivity contribution in [2.75, 3.05) is 0 Å². The summed E-state index contributed by atoms with van der Waals surface area (Å²) in [5.41, 5.74) is -2.19. The largest absolute Gasteiger partial charge is 0.417 e. The van der Waals surface area contributed by atoms with E-state index in [4.69, 9.17) is 4.43 Å². The second-order valence-electron chi connectivity index (χ2n) is 5.15. The zero-order valence-corrected chi connectivity index (χ0v) is 11.4. The molecule has 0 radical (unpaired) electrons. The van der Waals surface area contributed by atoms with Gasteiger partial charge in [-0.05, 0) is 32.6 Å². The summed E-state index contributed by atoms with van der Waals surface area (Å²) in [6, 6.07) is 1.59. The highest BCUT2D eigenvalue weighted by Crippen LogP contribution is 2.36. The van der Waals surface area contributed by atoms with Crippen LogP contribution < -0.4 is 0 Å². The van der Waals surface area contributed by atoms with E-state index in [9.17, 15) is 13.2 Å². The lowest BCUT2D eigenvalue weighted by molar-refractivity contribution is -0.250. The fraction of sp³-hybridized carbons (Fsp3) is 0.700. The molecule has 0 spiro atoms. The van der Waals surface area contributed by atoms with Crippen molar-refractivity contribution in [2.45, 2.75) is 44.9 Å².